The summed E-state index contributed by atoms with van der Waals surface area (Å²) >= 11 is -1.64. The van der Waals surface area contributed by atoms with Crippen LogP contribution in [0.3, 0.4) is 0 Å². The summed E-state index contributed by atoms with van der Waals surface area (Å²) in [7, 11) is 2.22. The van der Waals surface area contributed by atoms with E-state index in [-0.39, 0.29) is 0 Å². The van der Waals surface area contributed by atoms with Crippen molar-refractivity contribution >= 4 is 35.0 Å². The predicted octanol–water partition coefficient (Wildman–Crippen LogP) is 5.50. The van der Waals surface area contributed by atoms with Gasteiger partial charge in [0.15, 0.2) is 0 Å². The normalized spacial score (nSPS) is 13.3. The van der Waals surface area contributed by atoms with Gasteiger partial charge in [-0.1, -0.05) is 6.07 Å². The van der Waals surface area contributed by atoms with Gasteiger partial charge in [0.05, 0.1) is 0 Å². The Balaban J connectivity index is 1.89. The molecule has 1 heterocycles. The molecule has 1 aromatic heterocycles. The van der Waals surface area contributed by atoms with Crippen molar-refractivity contribution in [2.75, 3.05) is 31.6 Å². The molecule has 0 aliphatic rings. The number of fused-ring (bicyclic) bond motifs is 1. The first-order valence-electron chi connectivity index (χ1n) is 10.1. The Hall–Kier alpha value is -0.811. The molecule has 1 atom stereocenters. The Kier molecular flexibility index (Phi) is 8.21. The molecule has 4 heteroatoms. The van der Waals surface area contributed by atoms with E-state index in [1.54, 1.807) is 0 Å². The first kappa shape index (κ1) is 21.5. The number of anilines is 1. The van der Waals surface area contributed by atoms with Gasteiger partial charge in [-0.3, -0.25) is 0 Å². The van der Waals surface area contributed by atoms with E-state index in [0.29, 0.717) is 6.04 Å². The summed E-state index contributed by atoms with van der Waals surface area (Å²) in [6.07, 6.45) is 4.42. The maximum atomic E-state index is 4.49. The number of rotatable bonds is 10. The molecule has 0 radical (unpaired) electrons. The molecule has 1 unspecified atom stereocenters. The average Bonchev–Trinajstić information content (AvgIpc) is 2.62. The van der Waals surface area contributed by atoms with E-state index in [0.717, 1.165) is 5.52 Å². The molecule has 0 N–H and O–H groups in total. The molecule has 0 aliphatic carbocycles. The number of hydrogen-bond donors (Lipinski definition) is 0. The minimum absolute atomic E-state index is 0.529. The topological polar surface area (TPSA) is 19.4 Å². The van der Waals surface area contributed by atoms with Crippen LogP contribution in [-0.2, 0) is 0 Å². The molecule has 3 nitrogen and oxygen atoms in total. The van der Waals surface area contributed by atoms with Crippen molar-refractivity contribution in [1.82, 2.24) is 9.88 Å². The molecule has 1 aromatic carbocycles. The first-order valence-corrected chi connectivity index (χ1v) is 20.7. The Morgan fingerprint density at radius 3 is 2.50 bits per heavy atom. The van der Waals surface area contributed by atoms with Gasteiger partial charge < -0.3 is 0 Å². The summed E-state index contributed by atoms with van der Waals surface area (Å²) in [6, 6.07) is 11.1. The van der Waals surface area contributed by atoms with Crippen LogP contribution in [0.4, 0.5) is 5.69 Å². The van der Waals surface area contributed by atoms with Crippen molar-refractivity contribution in [3.05, 3.63) is 36.5 Å². The molecular weight excluding hydrogens is 425 g/mol. The Labute approximate surface area is 164 Å². The molecular formula is C22H37N3Sn. The summed E-state index contributed by atoms with van der Waals surface area (Å²) in [4.78, 5) is 17.2. The minimum atomic E-state index is -1.64. The van der Waals surface area contributed by atoms with Crippen LogP contribution in [0.1, 0.15) is 26.7 Å². The quantitative estimate of drug-likeness (QED) is 0.435. The first-order chi connectivity index (χ1) is 12.3. The average molecular weight is 462 g/mol. The molecule has 144 valence electrons. The van der Waals surface area contributed by atoms with Crippen LogP contribution < -0.4 is 4.90 Å². The molecule has 0 saturated heterocycles. The fraction of sp³-hybridized carbons (Fsp3) is 0.591. The van der Waals surface area contributed by atoms with Gasteiger partial charge in [0.2, 0.25) is 0 Å². The van der Waals surface area contributed by atoms with Crippen molar-refractivity contribution in [1.29, 1.82) is 0 Å². The zero-order valence-corrected chi connectivity index (χ0v) is 20.5. The summed E-state index contributed by atoms with van der Waals surface area (Å²) in [6.45, 7) is 8.36. The third-order valence-corrected chi connectivity index (χ3v) is 10.3. The number of hydrogen-bond acceptors (Lipinski definition) is 3. The number of para-hydroxylation sites is 1. The summed E-state index contributed by atoms with van der Waals surface area (Å²) in [5, 5.41) is 1.25. The predicted molar refractivity (Wildman–Crippen MR) is 119 cm³/mol. The summed E-state index contributed by atoms with van der Waals surface area (Å²) < 4.78 is 1.47. The number of pyridine rings is 1. The third kappa shape index (κ3) is 6.41. The van der Waals surface area contributed by atoms with Gasteiger partial charge in [0, 0.05) is 0 Å². The Morgan fingerprint density at radius 2 is 1.81 bits per heavy atom. The molecule has 0 spiro atoms. The van der Waals surface area contributed by atoms with Crippen molar-refractivity contribution < 1.29 is 0 Å². The molecule has 0 amide bonds. The van der Waals surface area contributed by atoms with Gasteiger partial charge in [0.1, 0.15) is 0 Å². The van der Waals surface area contributed by atoms with Crippen LogP contribution in [0.15, 0.2) is 36.5 Å². The number of aromatic nitrogens is 1. The second-order valence-electron chi connectivity index (χ2n) is 8.69. The van der Waals surface area contributed by atoms with Crippen LogP contribution in [-0.4, -0.2) is 61.0 Å². The molecule has 0 saturated carbocycles. The molecule has 0 bridgehead atoms. The standard InChI is InChI=1S/C19H28N3.3CH3.Sn/c1-5-22(6-2)15-9-10-16(3)21(4)19-13-14-20-18-12-8-7-11-17(18)19;;;;/h7-8,11-14,16H,1,5-6,9-10,15H2,2-4H3;3*1H3;. The fourth-order valence-electron chi connectivity index (χ4n) is 3.35. The Morgan fingerprint density at radius 1 is 1.08 bits per heavy atom. The van der Waals surface area contributed by atoms with Gasteiger partial charge in [-0.2, -0.15) is 0 Å². The van der Waals surface area contributed by atoms with Crippen LogP contribution in [0, 0.1) is 0 Å². The van der Waals surface area contributed by atoms with Crippen molar-refractivity contribution in [2.24, 2.45) is 0 Å². The van der Waals surface area contributed by atoms with E-state index in [1.165, 1.54) is 48.0 Å². The van der Waals surface area contributed by atoms with Crippen LogP contribution in [0.2, 0.25) is 19.3 Å². The molecule has 2 rings (SSSR count). The van der Waals surface area contributed by atoms with Crippen molar-refractivity contribution in [2.45, 2.75) is 52.0 Å². The van der Waals surface area contributed by atoms with Crippen LogP contribution >= 0.6 is 0 Å². The summed E-state index contributed by atoms with van der Waals surface area (Å²) in [5.41, 5.74) is 2.37. The second kappa shape index (κ2) is 9.93. The monoisotopic (exact) mass is 463 g/mol. The van der Waals surface area contributed by atoms with Gasteiger partial charge in [-0.25, -0.2) is 0 Å². The molecule has 0 fully saturated rings. The van der Waals surface area contributed by atoms with E-state index in [1.807, 2.05) is 6.20 Å². The Bertz CT molecular complexity index is 675. The molecule has 26 heavy (non-hydrogen) atoms. The van der Waals surface area contributed by atoms with E-state index in [9.17, 15) is 0 Å². The SMILES string of the molecule is CCN(CCCC(C)N(C)c1ccnc2ccccc12)C[CH2][Sn]([CH3])([CH3])[CH3]. The third-order valence-electron chi connectivity index (χ3n) is 5.39. The zero-order chi connectivity index (χ0) is 19.2. The second-order valence-corrected chi connectivity index (χ2v) is 24.7. The number of benzene rings is 1. The van der Waals surface area contributed by atoms with Crippen molar-refractivity contribution in [3.63, 3.8) is 0 Å². The van der Waals surface area contributed by atoms with E-state index >= 15 is 0 Å². The van der Waals surface area contributed by atoms with Gasteiger partial charge in [-0.15, -0.1) is 0 Å². The van der Waals surface area contributed by atoms with E-state index in [2.05, 4.69) is 80.8 Å². The molecule has 2 aromatic rings. The maximum absolute atomic E-state index is 4.49. The fourth-order valence-corrected chi connectivity index (χ4v) is 6.17. The van der Waals surface area contributed by atoms with Gasteiger partial charge in [-0.05, 0) is 0 Å². The van der Waals surface area contributed by atoms with Crippen molar-refractivity contribution in [3.8, 4) is 0 Å². The van der Waals surface area contributed by atoms with Crippen LogP contribution in [0.5, 0.6) is 0 Å². The molecule has 0 aliphatic heterocycles. The van der Waals surface area contributed by atoms with E-state index < -0.39 is 18.4 Å². The summed E-state index contributed by atoms with van der Waals surface area (Å²) in [5.74, 6) is 0. The van der Waals surface area contributed by atoms with Gasteiger partial charge in [0.25, 0.3) is 0 Å². The van der Waals surface area contributed by atoms with E-state index in [4.69, 9.17) is 0 Å². The van der Waals surface area contributed by atoms with Gasteiger partial charge >= 0.3 is 159 Å². The number of nitrogens with zero attached hydrogens (tertiary/aromatic N) is 3. The van der Waals surface area contributed by atoms with Crippen LogP contribution in [0.25, 0.3) is 10.9 Å². The zero-order valence-electron chi connectivity index (χ0n) is 17.6.